The van der Waals surface area contributed by atoms with Crippen LogP contribution in [0.4, 0.5) is 0 Å². The molecule has 0 unspecified atom stereocenters. The highest BCUT2D eigenvalue weighted by molar-refractivity contribution is 9.10. The SMILES string of the molecule is Cc1cc(Oc2cc(CCN)ccc2C)ccc1Br. The molecule has 2 aromatic rings. The maximum absolute atomic E-state index is 5.97. The molecule has 2 aromatic carbocycles. The number of aryl methyl sites for hydroxylation is 2. The number of benzene rings is 2. The zero-order valence-corrected chi connectivity index (χ0v) is 12.8. The van der Waals surface area contributed by atoms with Gasteiger partial charge in [0.2, 0.25) is 0 Å². The first-order valence-corrected chi connectivity index (χ1v) is 7.13. The number of hydrogen-bond acceptors (Lipinski definition) is 2. The van der Waals surface area contributed by atoms with E-state index in [4.69, 9.17) is 10.5 Å². The van der Waals surface area contributed by atoms with Crippen molar-refractivity contribution in [3.63, 3.8) is 0 Å². The summed E-state index contributed by atoms with van der Waals surface area (Å²) in [4.78, 5) is 0. The van der Waals surface area contributed by atoms with Crippen molar-refractivity contribution >= 4 is 15.9 Å². The van der Waals surface area contributed by atoms with Crippen molar-refractivity contribution in [2.24, 2.45) is 5.73 Å². The summed E-state index contributed by atoms with van der Waals surface area (Å²) in [5, 5.41) is 0. The molecule has 0 saturated heterocycles. The largest absolute Gasteiger partial charge is 0.457 e. The van der Waals surface area contributed by atoms with E-state index in [1.807, 2.05) is 25.1 Å². The second kappa shape index (κ2) is 6.22. The van der Waals surface area contributed by atoms with Gasteiger partial charge in [-0.25, -0.2) is 0 Å². The molecule has 19 heavy (non-hydrogen) atoms. The van der Waals surface area contributed by atoms with Crippen LogP contribution in [0.2, 0.25) is 0 Å². The van der Waals surface area contributed by atoms with E-state index in [9.17, 15) is 0 Å². The summed E-state index contributed by atoms with van der Waals surface area (Å²) >= 11 is 3.49. The quantitative estimate of drug-likeness (QED) is 0.908. The van der Waals surface area contributed by atoms with E-state index in [0.29, 0.717) is 6.54 Å². The lowest BCUT2D eigenvalue weighted by molar-refractivity contribution is 0.477. The molecule has 0 aliphatic carbocycles. The summed E-state index contributed by atoms with van der Waals surface area (Å²) in [7, 11) is 0. The molecule has 0 bridgehead atoms. The van der Waals surface area contributed by atoms with Crippen molar-refractivity contribution in [2.75, 3.05) is 6.54 Å². The average molecular weight is 320 g/mol. The maximum atomic E-state index is 5.97. The van der Waals surface area contributed by atoms with Gasteiger partial charge in [0.05, 0.1) is 0 Å². The standard InChI is InChI=1S/C16H18BrNO/c1-11-3-4-13(7-8-18)10-16(11)19-14-5-6-15(17)12(2)9-14/h3-6,9-10H,7-8,18H2,1-2H3. The Balaban J connectivity index is 2.26. The van der Waals surface area contributed by atoms with Gasteiger partial charge in [-0.05, 0) is 67.8 Å². The Labute approximate surface area is 122 Å². The lowest BCUT2D eigenvalue weighted by Gasteiger charge is -2.11. The molecular weight excluding hydrogens is 302 g/mol. The van der Waals surface area contributed by atoms with Crippen LogP contribution in [0.3, 0.4) is 0 Å². The molecule has 0 aliphatic heterocycles. The highest BCUT2D eigenvalue weighted by Gasteiger charge is 2.04. The molecule has 2 nitrogen and oxygen atoms in total. The van der Waals surface area contributed by atoms with Crippen molar-refractivity contribution in [3.8, 4) is 11.5 Å². The number of ether oxygens (including phenoxy) is 1. The molecule has 0 saturated carbocycles. The minimum absolute atomic E-state index is 0.653. The Morgan fingerprint density at radius 2 is 1.84 bits per heavy atom. The van der Waals surface area contributed by atoms with Crippen LogP contribution in [0, 0.1) is 13.8 Å². The van der Waals surface area contributed by atoms with Crippen LogP contribution in [-0.4, -0.2) is 6.54 Å². The summed E-state index contributed by atoms with van der Waals surface area (Å²) in [6, 6.07) is 12.2. The van der Waals surface area contributed by atoms with Gasteiger partial charge in [0.1, 0.15) is 11.5 Å². The van der Waals surface area contributed by atoms with Gasteiger partial charge in [-0.15, -0.1) is 0 Å². The first-order chi connectivity index (χ1) is 9.10. The first kappa shape index (κ1) is 14.1. The molecule has 2 N–H and O–H groups in total. The van der Waals surface area contributed by atoms with E-state index in [0.717, 1.165) is 33.5 Å². The molecule has 0 atom stereocenters. The van der Waals surface area contributed by atoms with Crippen LogP contribution in [0.25, 0.3) is 0 Å². The lowest BCUT2D eigenvalue weighted by atomic mass is 10.1. The van der Waals surface area contributed by atoms with E-state index < -0.39 is 0 Å². The third-order valence-corrected chi connectivity index (χ3v) is 3.93. The second-order valence-electron chi connectivity index (χ2n) is 4.65. The Bertz CT molecular complexity index is 581. The molecule has 0 spiro atoms. The van der Waals surface area contributed by atoms with Gasteiger partial charge in [-0.2, -0.15) is 0 Å². The third-order valence-electron chi connectivity index (χ3n) is 3.04. The van der Waals surface area contributed by atoms with E-state index in [1.54, 1.807) is 0 Å². The summed E-state index contributed by atoms with van der Waals surface area (Å²) < 4.78 is 7.06. The molecule has 2 rings (SSSR count). The Kier molecular flexibility index (Phi) is 4.61. The molecular formula is C16H18BrNO. The van der Waals surface area contributed by atoms with Gasteiger partial charge < -0.3 is 10.5 Å². The second-order valence-corrected chi connectivity index (χ2v) is 5.51. The topological polar surface area (TPSA) is 35.2 Å². The molecule has 3 heteroatoms. The lowest BCUT2D eigenvalue weighted by Crippen LogP contribution is -2.02. The summed E-state index contributed by atoms with van der Waals surface area (Å²) in [6.45, 7) is 4.75. The average Bonchev–Trinajstić information content (AvgIpc) is 2.38. The van der Waals surface area contributed by atoms with Crippen molar-refractivity contribution < 1.29 is 4.74 Å². The van der Waals surface area contributed by atoms with E-state index >= 15 is 0 Å². The zero-order chi connectivity index (χ0) is 13.8. The fraction of sp³-hybridized carbons (Fsp3) is 0.250. The molecule has 0 fully saturated rings. The van der Waals surface area contributed by atoms with Gasteiger partial charge >= 0.3 is 0 Å². The third kappa shape index (κ3) is 3.58. The number of rotatable bonds is 4. The van der Waals surface area contributed by atoms with Crippen molar-refractivity contribution in [1.82, 2.24) is 0 Å². The van der Waals surface area contributed by atoms with Crippen molar-refractivity contribution in [3.05, 3.63) is 57.6 Å². The van der Waals surface area contributed by atoms with Crippen LogP contribution >= 0.6 is 15.9 Å². The predicted molar refractivity (Wildman–Crippen MR) is 82.9 cm³/mol. The predicted octanol–water partition coefficient (Wildman–Crippen LogP) is 4.36. The Morgan fingerprint density at radius 3 is 2.53 bits per heavy atom. The molecule has 0 radical (unpaired) electrons. The van der Waals surface area contributed by atoms with Gasteiger partial charge in [0.25, 0.3) is 0 Å². The molecule has 0 heterocycles. The Morgan fingerprint density at radius 1 is 1.05 bits per heavy atom. The molecule has 0 amide bonds. The van der Waals surface area contributed by atoms with E-state index in [1.165, 1.54) is 5.56 Å². The van der Waals surface area contributed by atoms with E-state index in [2.05, 4.69) is 41.1 Å². The van der Waals surface area contributed by atoms with Crippen molar-refractivity contribution in [2.45, 2.75) is 20.3 Å². The Hall–Kier alpha value is -1.32. The summed E-state index contributed by atoms with van der Waals surface area (Å²) in [6.07, 6.45) is 0.871. The van der Waals surface area contributed by atoms with Crippen molar-refractivity contribution in [1.29, 1.82) is 0 Å². The summed E-state index contributed by atoms with van der Waals surface area (Å²) in [5.74, 6) is 1.75. The monoisotopic (exact) mass is 319 g/mol. The fourth-order valence-electron chi connectivity index (χ4n) is 1.88. The number of hydrogen-bond donors (Lipinski definition) is 1. The van der Waals surface area contributed by atoms with Crippen LogP contribution in [-0.2, 0) is 6.42 Å². The van der Waals surface area contributed by atoms with Crippen LogP contribution < -0.4 is 10.5 Å². The van der Waals surface area contributed by atoms with Crippen LogP contribution in [0.1, 0.15) is 16.7 Å². The van der Waals surface area contributed by atoms with Gasteiger partial charge in [0.15, 0.2) is 0 Å². The van der Waals surface area contributed by atoms with Gasteiger partial charge in [-0.3, -0.25) is 0 Å². The van der Waals surface area contributed by atoms with Gasteiger partial charge in [0, 0.05) is 4.47 Å². The first-order valence-electron chi connectivity index (χ1n) is 6.34. The van der Waals surface area contributed by atoms with Gasteiger partial charge in [-0.1, -0.05) is 28.1 Å². The minimum atomic E-state index is 0.653. The molecule has 0 aliphatic rings. The van der Waals surface area contributed by atoms with Crippen LogP contribution in [0.15, 0.2) is 40.9 Å². The summed E-state index contributed by atoms with van der Waals surface area (Å²) in [5.41, 5.74) is 9.08. The smallest absolute Gasteiger partial charge is 0.130 e. The molecule has 100 valence electrons. The normalized spacial score (nSPS) is 10.5. The molecule has 0 aromatic heterocycles. The highest BCUT2D eigenvalue weighted by atomic mass is 79.9. The maximum Gasteiger partial charge on any atom is 0.130 e. The minimum Gasteiger partial charge on any atom is -0.457 e. The van der Waals surface area contributed by atoms with Crippen LogP contribution in [0.5, 0.6) is 11.5 Å². The fourth-order valence-corrected chi connectivity index (χ4v) is 2.13. The highest BCUT2D eigenvalue weighted by Crippen LogP contribution is 2.29. The number of halogens is 1. The zero-order valence-electron chi connectivity index (χ0n) is 11.2. The number of nitrogens with two attached hydrogens (primary N) is 1. The van der Waals surface area contributed by atoms with E-state index in [-0.39, 0.29) is 0 Å².